The lowest BCUT2D eigenvalue weighted by Gasteiger charge is -2.21. The van der Waals surface area contributed by atoms with Crippen molar-refractivity contribution in [2.45, 2.75) is 24.2 Å². The molecule has 28 heavy (non-hydrogen) atoms. The molecule has 0 amide bonds. The van der Waals surface area contributed by atoms with Gasteiger partial charge in [0.15, 0.2) is 0 Å². The minimum absolute atomic E-state index is 0.0610. The summed E-state index contributed by atoms with van der Waals surface area (Å²) in [6.07, 6.45) is 0. The smallest absolute Gasteiger partial charge is 0.323 e. The second-order valence-corrected chi connectivity index (χ2v) is 9.01. The minimum atomic E-state index is -3.81. The summed E-state index contributed by atoms with van der Waals surface area (Å²) in [6, 6.07) is 14.9. The molecular formula is C19H18BrN3O4S. The van der Waals surface area contributed by atoms with Gasteiger partial charge in [0.2, 0.25) is 10.0 Å². The molecule has 1 heterocycles. The van der Waals surface area contributed by atoms with Crippen molar-refractivity contribution in [1.29, 1.82) is 0 Å². The van der Waals surface area contributed by atoms with E-state index < -0.39 is 21.4 Å². The van der Waals surface area contributed by atoms with Gasteiger partial charge in [-0.3, -0.25) is 9.89 Å². The van der Waals surface area contributed by atoms with Crippen molar-refractivity contribution in [2.75, 3.05) is 0 Å². The Morgan fingerprint density at radius 2 is 1.71 bits per heavy atom. The molecule has 1 aromatic heterocycles. The highest BCUT2D eigenvalue weighted by molar-refractivity contribution is 9.10. The number of hydrogen-bond acceptors (Lipinski definition) is 5. The number of benzene rings is 2. The van der Waals surface area contributed by atoms with E-state index >= 15 is 0 Å². The van der Waals surface area contributed by atoms with Crippen molar-refractivity contribution in [3.8, 4) is 17.0 Å². The van der Waals surface area contributed by atoms with Crippen LogP contribution in [0.25, 0.3) is 11.3 Å². The molecule has 3 N–H and O–H groups in total. The van der Waals surface area contributed by atoms with Crippen LogP contribution in [0.5, 0.6) is 5.75 Å². The van der Waals surface area contributed by atoms with Gasteiger partial charge in [0.25, 0.3) is 0 Å². The van der Waals surface area contributed by atoms with Crippen LogP contribution in [0, 0.1) is 0 Å². The second kappa shape index (κ2) is 7.50. The summed E-state index contributed by atoms with van der Waals surface area (Å²) >= 11 is 3.53. The lowest BCUT2D eigenvalue weighted by Crippen LogP contribution is -2.34. The molecule has 7 nitrogen and oxygen atoms in total. The number of hydrogen-bond donors (Lipinski definition) is 2. The standard InChI is InChI=1S/C19H18BrN3O4S/c1-19(2,17-15(20)16(22-23-17)12-6-4-3-5-7-12)18(24)27-13-8-10-14(11-9-13)28(21,25)26/h3-11H,1-2H3,(H,22,23)(H2,21,25,26). The number of sulfonamides is 1. The Balaban J connectivity index is 1.85. The quantitative estimate of drug-likeness (QED) is 0.444. The first-order chi connectivity index (χ1) is 13.1. The number of aromatic nitrogens is 2. The van der Waals surface area contributed by atoms with E-state index in [4.69, 9.17) is 9.88 Å². The third kappa shape index (κ3) is 4.01. The van der Waals surface area contributed by atoms with Gasteiger partial charge in [-0.15, -0.1) is 0 Å². The lowest BCUT2D eigenvalue weighted by molar-refractivity contribution is -0.139. The Morgan fingerprint density at radius 1 is 1.11 bits per heavy atom. The average Bonchev–Trinajstić information content (AvgIpc) is 3.04. The summed E-state index contributed by atoms with van der Waals surface area (Å²) in [5.41, 5.74) is 1.11. The topological polar surface area (TPSA) is 115 Å². The summed E-state index contributed by atoms with van der Waals surface area (Å²) in [4.78, 5) is 12.7. The number of halogens is 1. The van der Waals surface area contributed by atoms with Gasteiger partial charge in [-0.1, -0.05) is 30.3 Å². The van der Waals surface area contributed by atoms with Crippen LogP contribution < -0.4 is 9.88 Å². The Bertz CT molecular complexity index is 1110. The molecule has 0 unspecified atom stereocenters. The van der Waals surface area contributed by atoms with Gasteiger partial charge in [0, 0.05) is 5.56 Å². The highest BCUT2D eigenvalue weighted by Crippen LogP contribution is 2.36. The minimum Gasteiger partial charge on any atom is -0.426 e. The van der Waals surface area contributed by atoms with Gasteiger partial charge in [0.1, 0.15) is 11.2 Å². The average molecular weight is 464 g/mol. The van der Waals surface area contributed by atoms with Crippen molar-refractivity contribution >= 4 is 31.9 Å². The van der Waals surface area contributed by atoms with Crippen LogP contribution in [0.3, 0.4) is 0 Å². The summed E-state index contributed by atoms with van der Waals surface area (Å²) in [6.45, 7) is 3.40. The molecule has 146 valence electrons. The molecule has 0 radical (unpaired) electrons. The first kappa shape index (κ1) is 20.2. The maximum atomic E-state index is 12.8. The largest absolute Gasteiger partial charge is 0.426 e. The number of nitrogens with zero attached hydrogens (tertiary/aromatic N) is 1. The molecule has 0 aliphatic rings. The molecule has 0 saturated heterocycles. The molecule has 0 aliphatic heterocycles. The zero-order chi connectivity index (χ0) is 20.5. The van der Waals surface area contributed by atoms with E-state index in [0.29, 0.717) is 10.2 Å². The molecule has 9 heteroatoms. The number of nitrogens with one attached hydrogen (secondary N) is 1. The highest BCUT2D eigenvalue weighted by atomic mass is 79.9. The maximum Gasteiger partial charge on any atom is 0.323 e. The Morgan fingerprint density at radius 3 is 2.29 bits per heavy atom. The Hall–Kier alpha value is -2.49. The Kier molecular flexibility index (Phi) is 5.42. The summed E-state index contributed by atoms with van der Waals surface area (Å²) in [7, 11) is -3.81. The number of esters is 1. The van der Waals surface area contributed by atoms with Gasteiger partial charge in [0.05, 0.1) is 20.8 Å². The fourth-order valence-electron chi connectivity index (χ4n) is 2.57. The SMILES string of the molecule is CC(C)(C(=O)Oc1ccc(S(N)(=O)=O)cc1)c1n[nH]c(-c2ccccc2)c1Br. The van der Waals surface area contributed by atoms with E-state index in [-0.39, 0.29) is 10.6 Å². The zero-order valence-electron chi connectivity index (χ0n) is 15.1. The van der Waals surface area contributed by atoms with Gasteiger partial charge in [-0.25, -0.2) is 13.6 Å². The van der Waals surface area contributed by atoms with Crippen LogP contribution in [0.2, 0.25) is 0 Å². The molecule has 0 aliphatic carbocycles. The zero-order valence-corrected chi connectivity index (χ0v) is 17.5. The molecule has 2 aromatic carbocycles. The van der Waals surface area contributed by atoms with Crippen molar-refractivity contribution in [3.05, 3.63) is 64.8 Å². The second-order valence-electron chi connectivity index (χ2n) is 6.66. The molecule has 0 spiro atoms. The monoisotopic (exact) mass is 463 g/mol. The molecule has 3 rings (SSSR count). The van der Waals surface area contributed by atoms with E-state index in [0.717, 1.165) is 11.3 Å². The van der Waals surface area contributed by atoms with Crippen LogP contribution >= 0.6 is 15.9 Å². The fraction of sp³-hybridized carbons (Fsp3) is 0.158. The first-order valence-corrected chi connectivity index (χ1v) is 10.6. The summed E-state index contributed by atoms with van der Waals surface area (Å²) in [5, 5.41) is 12.3. The molecular weight excluding hydrogens is 446 g/mol. The molecule has 0 fully saturated rings. The number of rotatable bonds is 5. The normalized spacial score (nSPS) is 12.0. The first-order valence-electron chi connectivity index (χ1n) is 8.25. The fourth-order valence-corrected chi connectivity index (χ4v) is 3.98. The van der Waals surface area contributed by atoms with Crippen molar-refractivity contribution in [2.24, 2.45) is 5.14 Å². The van der Waals surface area contributed by atoms with E-state index in [1.54, 1.807) is 13.8 Å². The highest BCUT2D eigenvalue weighted by Gasteiger charge is 2.37. The number of H-pyrrole nitrogens is 1. The third-order valence-electron chi connectivity index (χ3n) is 4.23. The lowest BCUT2D eigenvalue weighted by atomic mass is 9.89. The predicted octanol–water partition coefficient (Wildman–Crippen LogP) is 3.37. The van der Waals surface area contributed by atoms with Crippen molar-refractivity contribution in [1.82, 2.24) is 10.2 Å². The van der Waals surface area contributed by atoms with Gasteiger partial charge in [-0.2, -0.15) is 5.10 Å². The number of primary sulfonamides is 1. The van der Waals surface area contributed by atoms with E-state index in [9.17, 15) is 13.2 Å². The van der Waals surface area contributed by atoms with Crippen molar-refractivity contribution in [3.63, 3.8) is 0 Å². The van der Waals surface area contributed by atoms with Crippen molar-refractivity contribution < 1.29 is 17.9 Å². The molecule has 0 saturated carbocycles. The van der Waals surface area contributed by atoms with E-state index in [2.05, 4.69) is 26.1 Å². The van der Waals surface area contributed by atoms with Crippen LogP contribution in [0.15, 0.2) is 64.0 Å². The molecule has 3 aromatic rings. The number of nitrogens with two attached hydrogens (primary N) is 1. The van der Waals surface area contributed by atoms with E-state index in [1.807, 2.05) is 30.3 Å². The van der Waals surface area contributed by atoms with Crippen LogP contribution in [-0.2, 0) is 20.2 Å². The van der Waals surface area contributed by atoms with Gasteiger partial charge < -0.3 is 4.74 Å². The number of carbonyl (C=O) groups is 1. The molecule has 0 atom stereocenters. The van der Waals surface area contributed by atoms with Gasteiger partial charge >= 0.3 is 5.97 Å². The third-order valence-corrected chi connectivity index (χ3v) is 5.94. The summed E-state index contributed by atoms with van der Waals surface area (Å²) in [5.74, 6) is -0.330. The molecule has 0 bridgehead atoms. The predicted molar refractivity (Wildman–Crippen MR) is 108 cm³/mol. The Labute approximate surface area is 171 Å². The number of aromatic amines is 1. The van der Waals surface area contributed by atoms with Crippen LogP contribution in [0.4, 0.5) is 0 Å². The van der Waals surface area contributed by atoms with Crippen LogP contribution in [-0.4, -0.2) is 24.6 Å². The maximum absolute atomic E-state index is 12.8. The number of carbonyl (C=O) groups excluding carboxylic acids is 1. The van der Waals surface area contributed by atoms with Crippen LogP contribution in [0.1, 0.15) is 19.5 Å². The number of ether oxygens (including phenoxy) is 1. The summed E-state index contributed by atoms with van der Waals surface area (Å²) < 4.78 is 28.7. The van der Waals surface area contributed by atoms with Gasteiger partial charge in [-0.05, 0) is 54.0 Å². The van der Waals surface area contributed by atoms with E-state index in [1.165, 1.54) is 24.3 Å².